The molecule has 0 aliphatic carbocycles. The van der Waals surface area contributed by atoms with Gasteiger partial charge in [0.15, 0.2) is 0 Å². The summed E-state index contributed by atoms with van der Waals surface area (Å²) in [6.45, 7) is 9.23. The Balaban J connectivity index is 1.77. The van der Waals surface area contributed by atoms with Crippen molar-refractivity contribution in [2.24, 2.45) is 11.1 Å². The number of primary amides is 1. The number of carbonyl (C=O) groups is 2. The Kier molecular flexibility index (Phi) is 5.98. The van der Waals surface area contributed by atoms with Gasteiger partial charge in [0.1, 0.15) is 5.00 Å². The number of fused-ring (bicyclic) bond motifs is 1. The van der Waals surface area contributed by atoms with Gasteiger partial charge < -0.3 is 11.1 Å². The van der Waals surface area contributed by atoms with Crippen LogP contribution in [0.2, 0.25) is 5.02 Å². The highest BCUT2D eigenvalue weighted by molar-refractivity contribution is 7.17. The summed E-state index contributed by atoms with van der Waals surface area (Å²) >= 11 is 7.29. The summed E-state index contributed by atoms with van der Waals surface area (Å²) in [5.74, 6) is -0.511. The molecule has 0 radical (unpaired) electrons. The maximum atomic E-state index is 12.4. The number of carbonyl (C=O) groups excluding carboxylic acids is 2. The number of anilines is 2. The Labute approximate surface area is 174 Å². The molecule has 1 aromatic heterocycles. The Bertz CT molecular complexity index is 887. The van der Waals surface area contributed by atoms with Gasteiger partial charge in [-0.05, 0) is 41.7 Å². The van der Waals surface area contributed by atoms with E-state index in [0.717, 1.165) is 36.5 Å². The van der Waals surface area contributed by atoms with E-state index in [2.05, 4.69) is 36.3 Å². The van der Waals surface area contributed by atoms with Gasteiger partial charge in [0.05, 0.1) is 5.56 Å². The molecule has 3 amide bonds. The van der Waals surface area contributed by atoms with Crippen molar-refractivity contribution in [3.63, 3.8) is 0 Å². The number of rotatable bonds is 4. The predicted octanol–water partition coefficient (Wildman–Crippen LogP) is 4.55. The van der Waals surface area contributed by atoms with Crippen molar-refractivity contribution in [3.8, 4) is 0 Å². The largest absolute Gasteiger partial charge is 0.365 e. The van der Waals surface area contributed by atoms with Crippen LogP contribution in [0.5, 0.6) is 0 Å². The normalized spacial score (nSPS) is 14.4. The van der Waals surface area contributed by atoms with Crippen LogP contribution in [0.25, 0.3) is 0 Å². The minimum absolute atomic E-state index is 0.195. The summed E-state index contributed by atoms with van der Waals surface area (Å²) in [4.78, 5) is 27.9. The number of amides is 3. The monoisotopic (exact) mass is 420 g/mol. The molecular weight excluding hydrogens is 396 g/mol. The molecule has 6 nitrogen and oxygen atoms in total. The third kappa shape index (κ3) is 5.04. The topological polar surface area (TPSA) is 87.5 Å². The van der Waals surface area contributed by atoms with Crippen LogP contribution in [0.15, 0.2) is 24.3 Å². The Morgan fingerprint density at radius 3 is 2.50 bits per heavy atom. The first kappa shape index (κ1) is 20.6. The summed E-state index contributed by atoms with van der Waals surface area (Å²) in [5, 5.41) is 6.62. The molecule has 0 fully saturated rings. The fourth-order valence-corrected chi connectivity index (χ4v) is 4.83. The lowest BCUT2D eigenvalue weighted by molar-refractivity contribution is 0.0999. The minimum atomic E-state index is -0.511. The molecule has 1 aliphatic heterocycles. The maximum absolute atomic E-state index is 12.4. The number of thiophene rings is 1. The molecule has 0 atom stereocenters. The van der Waals surface area contributed by atoms with Gasteiger partial charge in [-0.25, -0.2) is 4.79 Å². The van der Waals surface area contributed by atoms with Gasteiger partial charge in [0.2, 0.25) is 0 Å². The van der Waals surface area contributed by atoms with Crippen molar-refractivity contribution < 1.29 is 9.59 Å². The average Bonchev–Trinajstić information content (AvgIpc) is 2.92. The van der Waals surface area contributed by atoms with E-state index >= 15 is 0 Å². The molecule has 4 N–H and O–H groups in total. The molecule has 1 aromatic carbocycles. The first-order chi connectivity index (χ1) is 13.1. The van der Waals surface area contributed by atoms with Crippen LogP contribution in [0.3, 0.4) is 0 Å². The van der Waals surface area contributed by atoms with Crippen molar-refractivity contribution >= 4 is 45.6 Å². The number of benzene rings is 1. The van der Waals surface area contributed by atoms with Crippen molar-refractivity contribution in [1.82, 2.24) is 4.90 Å². The molecule has 2 heterocycles. The summed E-state index contributed by atoms with van der Waals surface area (Å²) in [5.41, 5.74) is 7.83. The van der Waals surface area contributed by atoms with E-state index in [-0.39, 0.29) is 5.41 Å². The Morgan fingerprint density at radius 1 is 1.21 bits per heavy atom. The van der Waals surface area contributed by atoms with Crippen molar-refractivity contribution in [2.75, 3.05) is 23.7 Å². The van der Waals surface area contributed by atoms with Crippen molar-refractivity contribution in [2.45, 2.75) is 33.7 Å². The van der Waals surface area contributed by atoms with Gasteiger partial charge in [0.25, 0.3) is 5.91 Å². The minimum Gasteiger partial charge on any atom is -0.365 e. The van der Waals surface area contributed by atoms with Crippen LogP contribution in [0, 0.1) is 5.41 Å². The van der Waals surface area contributed by atoms with Crippen LogP contribution in [0.1, 0.15) is 41.6 Å². The summed E-state index contributed by atoms with van der Waals surface area (Å²) < 4.78 is 0. The molecule has 0 unspecified atom stereocenters. The lowest BCUT2D eigenvalue weighted by atomic mass is 9.94. The number of urea groups is 1. The first-order valence-electron chi connectivity index (χ1n) is 9.12. The van der Waals surface area contributed by atoms with Crippen molar-refractivity contribution in [3.05, 3.63) is 45.3 Å². The third-order valence-corrected chi connectivity index (χ3v) is 5.79. The number of nitrogens with one attached hydrogen (secondary N) is 2. The fraction of sp³-hybridized carbons (Fsp3) is 0.400. The van der Waals surface area contributed by atoms with E-state index in [9.17, 15) is 9.59 Å². The van der Waals surface area contributed by atoms with Crippen LogP contribution in [-0.4, -0.2) is 29.9 Å². The maximum Gasteiger partial charge on any atom is 0.324 e. The summed E-state index contributed by atoms with van der Waals surface area (Å²) in [7, 11) is 0. The van der Waals surface area contributed by atoms with Gasteiger partial charge in [-0.15, -0.1) is 11.3 Å². The number of nitrogens with two attached hydrogens (primary N) is 1. The zero-order valence-electron chi connectivity index (χ0n) is 16.3. The molecule has 28 heavy (non-hydrogen) atoms. The van der Waals surface area contributed by atoms with Crippen LogP contribution < -0.4 is 16.4 Å². The van der Waals surface area contributed by atoms with E-state index < -0.39 is 11.9 Å². The fourth-order valence-electron chi connectivity index (χ4n) is 3.41. The lowest BCUT2D eigenvalue weighted by Gasteiger charge is -2.32. The molecule has 3 rings (SSSR count). The second-order valence-corrected chi connectivity index (χ2v) is 9.72. The molecular formula is C20H25ClN4O2S. The molecule has 150 valence electrons. The zero-order valence-corrected chi connectivity index (χ0v) is 17.8. The van der Waals surface area contributed by atoms with Gasteiger partial charge in [-0.2, -0.15) is 0 Å². The molecule has 0 bridgehead atoms. The first-order valence-corrected chi connectivity index (χ1v) is 10.3. The van der Waals surface area contributed by atoms with Gasteiger partial charge in [-0.3, -0.25) is 15.0 Å². The third-order valence-electron chi connectivity index (χ3n) is 4.41. The van der Waals surface area contributed by atoms with Crippen LogP contribution in [0.4, 0.5) is 15.5 Å². The van der Waals surface area contributed by atoms with Gasteiger partial charge in [0, 0.05) is 35.2 Å². The second-order valence-electron chi connectivity index (χ2n) is 8.18. The Morgan fingerprint density at radius 2 is 1.89 bits per heavy atom. The van der Waals surface area contributed by atoms with E-state index in [4.69, 9.17) is 17.3 Å². The average molecular weight is 421 g/mol. The smallest absolute Gasteiger partial charge is 0.324 e. The van der Waals surface area contributed by atoms with Crippen LogP contribution in [-0.2, 0) is 13.0 Å². The molecule has 0 saturated carbocycles. The van der Waals surface area contributed by atoms with E-state index in [1.54, 1.807) is 24.3 Å². The highest BCUT2D eigenvalue weighted by Gasteiger charge is 2.29. The quantitative estimate of drug-likeness (QED) is 0.678. The number of halogens is 1. The highest BCUT2D eigenvalue weighted by atomic mass is 35.5. The number of nitrogens with zero attached hydrogens (tertiary/aromatic N) is 1. The van der Waals surface area contributed by atoms with Gasteiger partial charge >= 0.3 is 6.03 Å². The molecule has 1 aliphatic rings. The predicted molar refractivity (Wildman–Crippen MR) is 115 cm³/mol. The molecule has 8 heteroatoms. The van der Waals surface area contributed by atoms with E-state index in [1.807, 2.05) is 0 Å². The summed E-state index contributed by atoms with van der Waals surface area (Å²) in [6, 6.07) is 6.39. The van der Waals surface area contributed by atoms with Gasteiger partial charge in [-0.1, -0.05) is 32.4 Å². The van der Waals surface area contributed by atoms with E-state index in [0.29, 0.717) is 21.3 Å². The number of hydrogen-bond donors (Lipinski definition) is 3. The number of hydrogen-bond acceptors (Lipinski definition) is 4. The van der Waals surface area contributed by atoms with Crippen molar-refractivity contribution in [1.29, 1.82) is 0 Å². The lowest BCUT2D eigenvalue weighted by Crippen LogP contribution is -2.36. The molecule has 0 saturated heterocycles. The molecule has 0 spiro atoms. The summed E-state index contributed by atoms with van der Waals surface area (Å²) in [6.07, 6.45) is 0.751. The molecule has 2 aromatic rings. The Hall–Kier alpha value is -2.09. The zero-order chi connectivity index (χ0) is 20.5. The SMILES string of the molecule is CC(C)(C)CN1CCc2c(sc(NC(=O)Nc3ccc(Cl)cc3)c2C(N)=O)C1. The van der Waals surface area contributed by atoms with Crippen LogP contribution >= 0.6 is 22.9 Å². The second kappa shape index (κ2) is 8.11. The standard InChI is InChI=1S/C20H25ClN4O2S/c1-20(2,3)11-25-9-8-14-15(10-25)28-18(16(14)17(22)26)24-19(27)23-13-6-4-12(21)5-7-13/h4-7H,8-11H2,1-3H3,(H2,22,26)(H2,23,24,27). The van der Waals surface area contributed by atoms with E-state index in [1.165, 1.54) is 11.3 Å². The highest BCUT2D eigenvalue weighted by Crippen LogP contribution is 2.37.